The highest BCUT2D eigenvalue weighted by molar-refractivity contribution is 7.91. The molecule has 0 bridgehead atoms. The minimum absolute atomic E-state index is 0.124. The molecule has 10 heteroatoms. The molecule has 0 saturated heterocycles. The number of benzene rings is 2. The van der Waals surface area contributed by atoms with Crippen molar-refractivity contribution in [1.29, 1.82) is 0 Å². The molecule has 0 heterocycles. The maximum absolute atomic E-state index is 12.4. The Morgan fingerprint density at radius 1 is 0.636 bits per heavy atom. The van der Waals surface area contributed by atoms with E-state index in [0.29, 0.717) is 6.42 Å². The molecule has 2 aromatic rings. The van der Waals surface area contributed by atoms with Crippen molar-refractivity contribution in [3.05, 3.63) is 59.7 Å². The van der Waals surface area contributed by atoms with Gasteiger partial charge in [0.25, 0.3) is 0 Å². The highest BCUT2D eigenvalue weighted by Crippen LogP contribution is 2.18. The number of sulfone groups is 2. The van der Waals surface area contributed by atoms with E-state index in [1.54, 1.807) is 38.1 Å². The summed E-state index contributed by atoms with van der Waals surface area (Å²) in [4.78, 5) is 23.1. The van der Waals surface area contributed by atoms with Crippen LogP contribution in [0.3, 0.4) is 0 Å². The molecule has 0 aliphatic carbocycles. The third-order valence-electron chi connectivity index (χ3n) is 4.73. The molecule has 0 aliphatic rings. The molecule has 0 unspecified atom stereocenters. The van der Waals surface area contributed by atoms with Crippen LogP contribution in [0.4, 0.5) is 0 Å². The fourth-order valence-electron chi connectivity index (χ4n) is 3.00. The SMILES string of the molecule is CCOC(=O)CCS(=O)(=O)c1ccc(Cc2ccc(S(=O)(=O)CCC(=O)OCC)cc2)cc1. The molecule has 2 rings (SSSR count). The fraction of sp³-hybridized carbons (Fsp3) is 0.391. The maximum Gasteiger partial charge on any atom is 0.306 e. The summed E-state index contributed by atoms with van der Waals surface area (Å²) >= 11 is 0. The van der Waals surface area contributed by atoms with Crippen molar-refractivity contribution in [3.8, 4) is 0 Å². The molecule has 33 heavy (non-hydrogen) atoms. The van der Waals surface area contributed by atoms with E-state index >= 15 is 0 Å². The van der Waals surface area contributed by atoms with Gasteiger partial charge in [0.05, 0.1) is 47.4 Å². The zero-order valence-corrected chi connectivity index (χ0v) is 20.3. The summed E-state index contributed by atoms with van der Waals surface area (Å²) < 4.78 is 59.0. The van der Waals surface area contributed by atoms with E-state index in [1.165, 1.54) is 24.3 Å². The van der Waals surface area contributed by atoms with Crippen LogP contribution in [0.15, 0.2) is 58.3 Å². The topological polar surface area (TPSA) is 121 Å². The van der Waals surface area contributed by atoms with Crippen molar-refractivity contribution in [2.75, 3.05) is 24.7 Å². The van der Waals surface area contributed by atoms with E-state index in [-0.39, 0.29) is 47.4 Å². The average Bonchev–Trinajstić information content (AvgIpc) is 2.78. The quantitative estimate of drug-likeness (QED) is 0.411. The Kier molecular flexibility index (Phi) is 9.60. The second-order valence-corrected chi connectivity index (χ2v) is 11.4. The number of ether oxygens (including phenoxy) is 2. The van der Waals surface area contributed by atoms with Gasteiger partial charge in [0, 0.05) is 0 Å². The first-order valence-corrected chi connectivity index (χ1v) is 13.8. The number of carbonyl (C=O) groups excluding carboxylic acids is 2. The Labute approximate surface area is 194 Å². The van der Waals surface area contributed by atoms with Crippen molar-refractivity contribution >= 4 is 31.6 Å². The number of hydrogen-bond donors (Lipinski definition) is 0. The fourth-order valence-corrected chi connectivity index (χ4v) is 5.45. The molecule has 180 valence electrons. The summed E-state index contributed by atoms with van der Waals surface area (Å²) in [6, 6.07) is 12.7. The average molecular weight is 497 g/mol. The van der Waals surface area contributed by atoms with E-state index in [9.17, 15) is 26.4 Å². The van der Waals surface area contributed by atoms with Gasteiger partial charge in [0.1, 0.15) is 0 Å². The Balaban J connectivity index is 2.00. The van der Waals surface area contributed by atoms with Crippen LogP contribution in [-0.4, -0.2) is 53.5 Å². The van der Waals surface area contributed by atoms with Crippen LogP contribution >= 0.6 is 0 Å². The van der Waals surface area contributed by atoms with Crippen LogP contribution in [0.1, 0.15) is 37.8 Å². The number of hydrogen-bond acceptors (Lipinski definition) is 8. The van der Waals surface area contributed by atoms with Gasteiger partial charge < -0.3 is 9.47 Å². The molecule has 0 fully saturated rings. The smallest absolute Gasteiger partial charge is 0.306 e. The van der Waals surface area contributed by atoms with E-state index in [4.69, 9.17) is 9.47 Å². The van der Waals surface area contributed by atoms with Gasteiger partial charge >= 0.3 is 11.9 Å². The zero-order chi connectivity index (χ0) is 24.5. The summed E-state index contributed by atoms with van der Waals surface area (Å²) in [5.41, 5.74) is 1.69. The molecule has 0 aliphatic heterocycles. The Morgan fingerprint density at radius 2 is 0.970 bits per heavy atom. The monoisotopic (exact) mass is 496 g/mol. The third-order valence-corrected chi connectivity index (χ3v) is 8.20. The van der Waals surface area contributed by atoms with E-state index in [2.05, 4.69) is 0 Å². The summed E-state index contributed by atoms with van der Waals surface area (Å²) in [6.07, 6.45) is 0.0756. The lowest BCUT2D eigenvalue weighted by Gasteiger charge is -2.08. The lowest BCUT2D eigenvalue weighted by Crippen LogP contribution is -2.13. The highest BCUT2D eigenvalue weighted by atomic mass is 32.2. The molecule has 0 amide bonds. The largest absolute Gasteiger partial charge is 0.466 e. The molecule has 0 aromatic heterocycles. The van der Waals surface area contributed by atoms with Gasteiger partial charge in [0.2, 0.25) is 0 Å². The molecule has 8 nitrogen and oxygen atoms in total. The summed E-state index contributed by atoms with van der Waals surface area (Å²) in [5, 5.41) is 0. The van der Waals surface area contributed by atoms with Crippen LogP contribution in [0.5, 0.6) is 0 Å². The Morgan fingerprint density at radius 3 is 1.27 bits per heavy atom. The highest BCUT2D eigenvalue weighted by Gasteiger charge is 2.18. The van der Waals surface area contributed by atoms with Crippen molar-refractivity contribution in [3.63, 3.8) is 0 Å². The van der Waals surface area contributed by atoms with Crippen LogP contribution in [-0.2, 0) is 45.2 Å². The van der Waals surface area contributed by atoms with Gasteiger partial charge in [-0.05, 0) is 55.7 Å². The predicted octanol–water partition coefficient (Wildman–Crippen LogP) is 2.73. The van der Waals surface area contributed by atoms with Gasteiger partial charge in [-0.2, -0.15) is 0 Å². The Hall–Kier alpha value is -2.72. The zero-order valence-electron chi connectivity index (χ0n) is 18.7. The van der Waals surface area contributed by atoms with Gasteiger partial charge in [-0.3, -0.25) is 9.59 Å². The first-order valence-electron chi connectivity index (χ1n) is 10.5. The molecule has 0 spiro atoms. The van der Waals surface area contributed by atoms with Crippen LogP contribution in [0.2, 0.25) is 0 Å². The normalized spacial score (nSPS) is 11.7. The van der Waals surface area contributed by atoms with E-state index < -0.39 is 31.6 Å². The van der Waals surface area contributed by atoms with Crippen LogP contribution in [0, 0.1) is 0 Å². The second-order valence-electron chi connectivity index (χ2n) is 7.21. The van der Waals surface area contributed by atoms with Gasteiger partial charge in [0.15, 0.2) is 19.7 Å². The molecule has 0 N–H and O–H groups in total. The first-order chi connectivity index (χ1) is 15.6. The molecule has 0 radical (unpaired) electrons. The maximum atomic E-state index is 12.4. The third kappa shape index (κ3) is 8.29. The van der Waals surface area contributed by atoms with Crippen LogP contribution < -0.4 is 0 Å². The van der Waals surface area contributed by atoms with E-state index in [0.717, 1.165) is 11.1 Å². The number of rotatable bonds is 12. The molecule has 2 aromatic carbocycles. The minimum atomic E-state index is -3.60. The lowest BCUT2D eigenvalue weighted by atomic mass is 10.1. The van der Waals surface area contributed by atoms with Crippen molar-refractivity contribution in [2.45, 2.75) is 42.9 Å². The Bertz CT molecular complexity index is 1060. The van der Waals surface area contributed by atoms with E-state index in [1.807, 2.05) is 0 Å². The van der Waals surface area contributed by atoms with Gasteiger partial charge in [-0.25, -0.2) is 16.8 Å². The lowest BCUT2D eigenvalue weighted by molar-refractivity contribution is -0.143. The molecule has 0 saturated carbocycles. The molecular formula is C23H28O8S2. The number of carbonyl (C=O) groups is 2. The predicted molar refractivity (Wildman–Crippen MR) is 122 cm³/mol. The molecular weight excluding hydrogens is 468 g/mol. The first kappa shape index (κ1) is 26.5. The minimum Gasteiger partial charge on any atom is -0.466 e. The van der Waals surface area contributed by atoms with Gasteiger partial charge in [-0.15, -0.1) is 0 Å². The standard InChI is InChI=1S/C23H28O8S2/c1-3-30-22(24)13-15-32(26,27)20-9-5-18(6-10-20)17-19-7-11-21(12-8-19)33(28,29)16-14-23(25)31-4-2/h5-12H,3-4,13-17H2,1-2H3. The van der Waals surface area contributed by atoms with Crippen LogP contribution in [0.25, 0.3) is 0 Å². The van der Waals surface area contributed by atoms with Crippen molar-refractivity contribution in [1.82, 2.24) is 0 Å². The van der Waals surface area contributed by atoms with Crippen molar-refractivity contribution < 1.29 is 35.9 Å². The summed E-state index contributed by atoms with van der Waals surface area (Å²) in [5.74, 6) is -1.75. The van der Waals surface area contributed by atoms with Gasteiger partial charge in [-0.1, -0.05) is 24.3 Å². The number of esters is 2. The van der Waals surface area contributed by atoms with Crippen molar-refractivity contribution in [2.24, 2.45) is 0 Å². The molecule has 0 atom stereocenters. The summed E-state index contributed by atoms with van der Waals surface area (Å²) in [7, 11) is -7.20. The summed E-state index contributed by atoms with van der Waals surface area (Å²) in [6.45, 7) is 3.72. The second kappa shape index (κ2) is 11.9.